The molecule has 152 valence electrons. The minimum Gasteiger partial charge on any atom is -0.466 e. The maximum absolute atomic E-state index is 11.9. The summed E-state index contributed by atoms with van der Waals surface area (Å²) >= 11 is 0. The summed E-state index contributed by atoms with van der Waals surface area (Å²) < 4.78 is 4.77. The first kappa shape index (κ1) is 19.7. The van der Waals surface area contributed by atoms with Gasteiger partial charge in [-0.15, -0.1) is 0 Å². The smallest absolute Gasteiger partial charge is 0.330 e. The Labute approximate surface area is 169 Å². The van der Waals surface area contributed by atoms with Gasteiger partial charge in [0.05, 0.1) is 7.11 Å². The first-order chi connectivity index (χ1) is 13.3. The van der Waals surface area contributed by atoms with Gasteiger partial charge in [0, 0.05) is 11.5 Å². The summed E-state index contributed by atoms with van der Waals surface area (Å²) in [6, 6.07) is 0. The molecule has 0 aromatic heterocycles. The number of hydrogen-bond acceptors (Lipinski definition) is 3. The van der Waals surface area contributed by atoms with Crippen molar-refractivity contribution >= 4 is 11.8 Å². The van der Waals surface area contributed by atoms with E-state index in [0.717, 1.165) is 18.3 Å². The molecule has 3 nitrogen and oxygen atoms in total. The maximum atomic E-state index is 11.9. The van der Waals surface area contributed by atoms with Gasteiger partial charge in [-0.25, -0.2) is 4.79 Å². The first-order valence-electron chi connectivity index (χ1n) is 11.0. The van der Waals surface area contributed by atoms with E-state index in [4.69, 9.17) is 4.74 Å². The molecule has 4 rings (SSSR count). The summed E-state index contributed by atoms with van der Waals surface area (Å²) in [6.45, 7) is 7.15. The molecule has 4 aliphatic rings. The number of allylic oxidation sites excluding steroid dienone is 5. The minimum absolute atomic E-state index is 0.0760. The third-order valence-electron chi connectivity index (χ3n) is 9.00. The van der Waals surface area contributed by atoms with Crippen molar-refractivity contribution in [1.82, 2.24) is 0 Å². The molecule has 0 amide bonds. The molecule has 0 aromatic carbocycles. The molecule has 0 spiro atoms. The second-order valence-corrected chi connectivity index (χ2v) is 10.1. The molecule has 0 radical (unpaired) electrons. The number of carbonyl (C=O) groups is 2. The van der Waals surface area contributed by atoms with Gasteiger partial charge in [-0.05, 0) is 85.7 Å². The van der Waals surface area contributed by atoms with Crippen molar-refractivity contribution in [3.63, 3.8) is 0 Å². The number of rotatable bonds is 3. The van der Waals surface area contributed by atoms with Crippen LogP contribution in [0, 0.1) is 40.4 Å². The van der Waals surface area contributed by atoms with Crippen LogP contribution in [0.2, 0.25) is 0 Å². The van der Waals surface area contributed by atoms with Gasteiger partial charge in [0.2, 0.25) is 0 Å². The third-order valence-corrected chi connectivity index (χ3v) is 9.00. The van der Waals surface area contributed by atoms with Gasteiger partial charge < -0.3 is 4.74 Å². The molecule has 0 saturated heterocycles. The number of ether oxygens (including phenoxy) is 1. The Morgan fingerprint density at radius 3 is 2.75 bits per heavy atom. The SMILES string of the molecule is COC(=O)C=C[C@@H](C)[C@H]1CC[C@H]2[C@@H]3CCC4=CC(=O)C=C[C@]4(C)[C@H]3CC[C@]12C. The van der Waals surface area contributed by atoms with Crippen LogP contribution in [0.5, 0.6) is 0 Å². The lowest BCUT2D eigenvalue weighted by atomic mass is 9.47. The van der Waals surface area contributed by atoms with Crippen LogP contribution in [0.25, 0.3) is 0 Å². The Hall–Kier alpha value is -1.64. The number of esters is 1. The van der Waals surface area contributed by atoms with E-state index in [-0.39, 0.29) is 17.2 Å². The van der Waals surface area contributed by atoms with E-state index in [1.807, 2.05) is 6.08 Å². The van der Waals surface area contributed by atoms with Gasteiger partial charge in [-0.2, -0.15) is 0 Å². The summed E-state index contributed by atoms with van der Waals surface area (Å²) in [5, 5.41) is 0. The van der Waals surface area contributed by atoms with E-state index in [9.17, 15) is 9.59 Å². The van der Waals surface area contributed by atoms with Gasteiger partial charge in [-0.3, -0.25) is 4.79 Å². The first-order valence-corrected chi connectivity index (χ1v) is 11.0. The largest absolute Gasteiger partial charge is 0.466 e. The quantitative estimate of drug-likeness (QED) is 0.493. The number of carbonyl (C=O) groups excluding carboxylic acids is 2. The summed E-state index contributed by atoms with van der Waals surface area (Å²) in [6.07, 6.45) is 17.0. The highest BCUT2D eigenvalue weighted by molar-refractivity contribution is 6.01. The van der Waals surface area contributed by atoms with Crippen molar-refractivity contribution < 1.29 is 14.3 Å². The monoisotopic (exact) mass is 382 g/mol. The maximum Gasteiger partial charge on any atom is 0.330 e. The van der Waals surface area contributed by atoms with Crippen LogP contribution in [-0.4, -0.2) is 18.9 Å². The Morgan fingerprint density at radius 2 is 2.00 bits per heavy atom. The van der Waals surface area contributed by atoms with Gasteiger partial charge in [0.15, 0.2) is 5.78 Å². The zero-order valence-corrected chi connectivity index (χ0v) is 17.7. The van der Waals surface area contributed by atoms with Crippen LogP contribution in [0.3, 0.4) is 0 Å². The predicted molar refractivity (Wildman–Crippen MR) is 110 cm³/mol. The molecule has 4 aliphatic carbocycles. The topological polar surface area (TPSA) is 43.4 Å². The zero-order valence-electron chi connectivity index (χ0n) is 17.7. The molecule has 28 heavy (non-hydrogen) atoms. The van der Waals surface area contributed by atoms with Crippen LogP contribution < -0.4 is 0 Å². The molecule has 0 heterocycles. The number of fused-ring (bicyclic) bond motifs is 5. The van der Waals surface area contributed by atoms with Gasteiger partial charge in [0.1, 0.15) is 0 Å². The Morgan fingerprint density at radius 1 is 1.21 bits per heavy atom. The van der Waals surface area contributed by atoms with E-state index in [1.54, 1.807) is 12.2 Å². The number of ketones is 1. The van der Waals surface area contributed by atoms with Crippen LogP contribution in [0.15, 0.2) is 36.0 Å². The molecule has 0 N–H and O–H groups in total. The molecule has 0 aliphatic heterocycles. The molecular formula is C25H34O3. The second kappa shape index (κ2) is 7.00. The van der Waals surface area contributed by atoms with Crippen LogP contribution in [0.4, 0.5) is 0 Å². The molecule has 3 saturated carbocycles. The highest BCUT2D eigenvalue weighted by atomic mass is 16.5. The van der Waals surface area contributed by atoms with Crippen molar-refractivity contribution in [2.75, 3.05) is 7.11 Å². The summed E-state index contributed by atoms with van der Waals surface area (Å²) in [4.78, 5) is 23.4. The van der Waals surface area contributed by atoms with E-state index >= 15 is 0 Å². The molecular weight excluding hydrogens is 348 g/mol. The summed E-state index contributed by atoms with van der Waals surface area (Å²) in [7, 11) is 1.44. The molecule has 7 atom stereocenters. The van der Waals surface area contributed by atoms with Crippen molar-refractivity contribution in [2.24, 2.45) is 40.4 Å². The average Bonchev–Trinajstić information content (AvgIpc) is 3.03. The Bertz CT molecular complexity index is 760. The van der Waals surface area contributed by atoms with E-state index in [0.29, 0.717) is 23.2 Å². The lowest BCUT2D eigenvalue weighted by Crippen LogP contribution is -2.50. The molecule has 3 heteroatoms. The molecule has 0 unspecified atom stereocenters. The Kier molecular flexibility index (Phi) is 4.92. The van der Waals surface area contributed by atoms with E-state index in [2.05, 4.69) is 32.9 Å². The van der Waals surface area contributed by atoms with Gasteiger partial charge in [0.25, 0.3) is 0 Å². The fraction of sp³-hybridized carbons (Fsp3) is 0.680. The number of hydrogen-bond donors (Lipinski definition) is 0. The lowest BCUT2D eigenvalue weighted by Gasteiger charge is -2.57. The highest BCUT2D eigenvalue weighted by Crippen LogP contribution is 2.66. The summed E-state index contributed by atoms with van der Waals surface area (Å²) in [5.41, 5.74) is 1.80. The fourth-order valence-electron chi connectivity index (χ4n) is 7.53. The van der Waals surface area contributed by atoms with Gasteiger partial charge >= 0.3 is 5.97 Å². The van der Waals surface area contributed by atoms with Gasteiger partial charge in [-0.1, -0.05) is 38.5 Å². The average molecular weight is 383 g/mol. The third kappa shape index (κ3) is 2.93. The fourth-order valence-corrected chi connectivity index (χ4v) is 7.53. The van der Waals surface area contributed by atoms with Crippen LogP contribution >= 0.6 is 0 Å². The van der Waals surface area contributed by atoms with Crippen molar-refractivity contribution in [3.05, 3.63) is 36.0 Å². The lowest BCUT2D eigenvalue weighted by molar-refractivity contribution is -0.134. The van der Waals surface area contributed by atoms with Crippen molar-refractivity contribution in [2.45, 2.75) is 59.3 Å². The predicted octanol–water partition coefficient (Wildman–Crippen LogP) is 5.28. The van der Waals surface area contributed by atoms with Crippen molar-refractivity contribution in [3.8, 4) is 0 Å². The standard InChI is InChI=1S/C25H34O3/c1-16(5-10-23(27)28-4)20-8-9-21-19-7-6-17-15-18(26)11-13-24(17,2)22(19)12-14-25(20,21)3/h5,10-11,13,15-16,19-22H,6-9,12,14H2,1-4H3/t16-,19+,20-,21+,22+,24+,25-/m1/s1. The minimum atomic E-state index is -0.256. The normalized spacial score (nSPS) is 43.1. The van der Waals surface area contributed by atoms with E-state index in [1.165, 1.54) is 44.8 Å². The molecule has 0 aromatic rings. The number of methoxy groups -OCH3 is 1. The van der Waals surface area contributed by atoms with Crippen molar-refractivity contribution in [1.29, 1.82) is 0 Å². The van der Waals surface area contributed by atoms with Crippen LogP contribution in [-0.2, 0) is 14.3 Å². The Balaban J connectivity index is 1.56. The second-order valence-electron chi connectivity index (χ2n) is 10.1. The van der Waals surface area contributed by atoms with E-state index < -0.39 is 0 Å². The van der Waals surface area contributed by atoms with Crippen LogP contribution in [0.1, 0.15) is 59.3 Å². The molecule has 3 fully saturated rings. The summed E-state index contributed by atoms with van der Waals surface area (Å²) in [5.74, 6) is 3.11. The zero-order chi connectivity index (χ0) is 20.1. The molecule has 0 bridgehead atoms. The highest BCUT2D eigenvalue weighted by Gasteiger charge is 2.58.